The highest BCUT2D eigenvalue weighted by Crippen LogP contribution is 2.31. The van der Waals surface area contributed by atoms with Crippen molar-refractivity contribution >= 4 is 0 Å². The highest BCUT2D eigenvalue weighted by molar-refractivity contribution is 4.81. The highest BCUT2D eigenvalue weighted by atomic mass is 16.5. The Bertz CT molecular complexity index is 197. The van der Waals surface area contributed by atoms with E-state index in [4.69, 9.17) is 10.5 Å². The third kappa shape index (κ3) is 5.36. The van der Waals surface area contributed by atoms with Gasteiger partial charge in [-0.25, -0.2) is 0 Å². The van der Waals surface area contributed by atoms with Crippen molar-refractivity contribution in [2.24, 2.45) is 23.5 Å². The van der Waals surface area contributed by atoms with Gasteiger partial charge in [0.2, 0.25) is 0 Å². The summed E-state index contributed by atoms with van der Waals surface area (Å²) in [6, 6.07) is 0. The SMILES string of the molecule is COCCN(CC(C)C)CC1CCCC1CN. The fourth-order valence-corrected chi connectivity index (χ4v) is 2.99. The van der Waals surface area contributed by atoms with Crippen molar-refractivity contribution in [2.75, 3.05) is 39.9 Å². The third-order valence-corrected chi connectivity index (χ3v) is 3.85. The van der Waals surface area contributed by atoms with Gasteiger partial charge in [0.05, 0.1) is 6.61 Å². The summed E-state index contributed by atoms with van der Waals surface area (Å²) in [6.07, 6.45) is 4.07. The predicted molar refractivity (Wildman–Crippen MR) is 73.0 cm³/mol. The molecule has 102 valence electrons. The number of methoxy groups -OCH3 is 1. The molecule has 17 heavy (non-hydrogen) atoms. The molecule has 0 spiro atoms. The van der Waals surface area contributed by atoms with Gasteiger partial charge in [0.25, 0.3) is 0 Å². The molecule has 0 aromatic carbocycles. The first-order valence-corrected chi connectivity index (χ1v) is 7.08. The largest absolute Gasteiger partial charge is 0.383 e. The van der Waals surface area contributed by atoms with Crippen LogP contribution in [0.4, 0.5) is 0 Å². The molecule has 1 aliphatic carbocycles. The van der Waals surface area contributed by atoms with Crippen LogP contribution in [-0.2, 0) is 4.74 Å². The molecule has 2 atom stereocenters. The summed E-state index contributed by atoms with van der Waals surface area (Å²) < 4.78 is 5.21. The van der Waals surface area contributed by atoms with Crippen LogP contribution in [0.15, 0.2) is 0 Å². The topological polar surface area (TPSA) is 38.5 Å². The van der Waals surface area contributed by atoms with Gasteiger partial charge in [-0.2, -0.15) is 0 Å². The second-order valence-electron chi connectivity index (χ2n) is 5.83. The van der Waals surface area contributed by atoms with E-state index in [1.54, 1.807) is 7.11 Å². The van der Waals surface area contributed by atoms with E-state index in [9.17, 15) is 0 Å². The zero-order valence-electron chi connectivity index (χ0n) is 11.8. The molecule has 3 heteroatoms. The molecule has 1 rings (SSSR count). The molecule has 0 saturated heterocycles. The zero-order chi connectivity index (χ0) is 12.7. The van der Waals surface area contributed by atoms with Crippen LogP contribution < -0.4 is 5.73 Å². The summed E-state index contributed by atoms with van der Waals surface area (Å²) in [5.74, 6) is 2.30. The Hall–Kier alpha value is -0.120. The van der Waals surface area contributed by atoms with E-state index in [1.165, 1.54) is 32.4 Å². The van der Waals surface area contributed by atoms with Crippen LogP contribution >= 0.6 is 0 Å². The third-order valence-electron chi connectivity index (χ3n) is 3.85. The molecule has 1 saturated carbocycles. The summed E-state index contributed by atoms with van der Waals surface area (Å²) in [4.78, 5) is 2.56. The number of nitrogens with two attached hydrogens (primary N) is 1. The maximum Gasteiger partial charge on any atom is 0.0589 e. The van der Waals surface area contributed by atoms with Crippen LogP contribution in [-0.4, -0.2) is 44.8 Å². The smallest absolute Gasteiger partial charge is 0.0589 e. The number of hydrogen-bond donors (Lipinski definition) is 1. The summed E-state index contributed by atoms with van der Waals surface area (Å²) >= 11 is 0. The number of ether oxygens (including phenoxy) is 1. The van der Waals surface area contributed by atoms with E-state index in [0.717, 1.165) is 37.5 Å². The number of rotatable bonds is 8. The van der Waals surface area contributed by atoms with Gasteiger partial charge in [0.15, 0.2) is 0 Å². The van der Waals surface area contributed by atoms with Gasteiger partial charge in [-0.1, -0.05) is 20.3 Å². The lowest BCUT2D eigenvalue weighted by Gasteiger charge is -2.29. The first kappa shape index (κ1) is 14.9. The van der Waals surface area contributed by atoms with Gasteiger partial charge in [0, 0.05) is 26.7 Å². The van der Waals surface area contributed by atoms with Gasteiger partial charge >= 0.3 is 0 Å². The first-order chi connectivity index (χ1) is 8.17. The minimum Gasteiger partial charge on any atom is -0.383 e. The number of nitrogens with zero attached hydrogens (tertiary/aromatic N) is 1. The van der Waals surface area contributed by atoms with Crippen LogP contribution in [0.2, 0.25) is 0 Å². The van der Waals surface area contributed by atoms with Crippen molar-refractivity contribution in [1.29, 1.82) is 0 Å². The van der Waals surface area contributed by atoms with Crippen LogP contribution in [0, 0.1) is 17.8 Å². The van der Waals surface area contributed by atoms with Gasteiger partial charge in [-0.3, -0.25) is 0 Å². The Morgan fingerprint density at radius 2 is 2.00 bits per heavy atom. The Kier molecular flexibility index (Phi) is 7.09. The summed E-state index contributed by atoms with van der Waals surface area (Å²) in [7, 11) is 1.78. The molecule has 1 aliphatic rings. The van der Waals surface area contributed by atoms with Crippen molar-refractivity contribution in [3.05, 3.63) is 0 Å². The van der Waals surface area contributed by atoms with Crippen molar-refractivity contribution in [3.8, 4) is 0 Å². The molecule has 3 nitrogen and oxygen atoms in total. The monoisotopic (exact) mass is 242 g/mol. The minimum absolute atomic E-state index is 0.726. The van der Waals surface area contributed by atoms with Gasteiger partial charge in [-0.05, 0) is 37.1 Å². The highest BCUT2D eigenvalue weighted by Gasteiger charge is 2.27. The molecule has 0 bridgehead atoms. The summed E-state index contributed by atoms with van der Waals surface area (Å²) in [5, 5.41) is 0. The predicted octanol–water partition coefficient (Wildman–Crippen LogP) is 1.97. The molecule has 0 radical (unpaired) electrons. The summed E-state index contributed by atoms with van der Waals surface area (Å²) in [6.45, 7) is 9.73. The van der Waals surface area contributed by atoms with E-state index < -0.39 is 0 Å². The molecule has 1 fully saturated rings. The van der Waals surface area contributed by atoms with E-state index in [2.05, 4.69) is 18.7 Å². The van der Waals surface area contributed by atoms with Crippen LogP contribution in [0.3, 0.4) is 0 Å². The Morgan fingerprint density at radius 3 is 2.59 bits per heavy atom. The Labute approximate surface area is 107 Å². The Balaban J connectivity index is 2.40. The fourth-order valence-electron chi connectivity index (χ4n) is 2.99. The maximum atomic E-state index is 5.86. The van der Waals surface area contributed by atoms with Crippen molar-refractivity contribution in [2.45, 2.75) is 33.1 Å². The standard InChI is InChI=1S/C14H30N2O/c1-12(2)10-16(7-8-17-3)11-14-6-4-5-13(14)9-15/h12-14H,4-11,15H2,1-3H3. The molecule has 0 aromatic heterocycles. The van der Waals surface area contributed by atoms with Gasteiger partial charge < -0.3 is 15.4 Å². The normalized spacial score (nSPS) is 25.1. The molecule has 2 unspecified atom stereocenters. The van der Waals surface area contributed by atoms with Crippen LogP contribution in [0.5, 0.6) is 0 Å². The minimum atomic E-state index is 0.726. The lowest BCUT2D eigenvalue weighted by atomic mass is 9.95. The average Bonchev–Trinajstić information content (AvgIpc) is 2.72. The lowest BCUT2D eigenvalue weighted by molar-refractivity contribution is 0.122. The maximum absolute atomic E-state index is 5.86. The molecular formula is C14H30N2O. The molecule has 2 N–H and O–H groups in total. The average molecular weight is 242 g/mol. The van der Waals surface area contributed by atoms with Crippen molar-refractivity contribution in [3.63, 3.8) is 0 Å². The van der Waals surface area contributed by atoms with E-state index in [0.29, 0.717) is 0 Å². The quantitative estimate of drug-likeness (QED) is 0.707. The summed E-state index contributed by atoms with van der Waals surface area (Å²) in [5.41, 5.74) is 5.86. The van der Waals surface area contributed by atoms with Gasteiger partial charge in [-0.15, -0.1) is 0 Å². The van der Waals surface area contributed by atoms with E-state index in [1.807, 2.05) is 0 Å². The lowest BCUT2D eigenvalue weighted by Crippen LogP contribution is -2.37. The molecule has 0 amide bonds. The molecule has 0 aromatic rings. The van der Waals surface area contributed by atoms with Gasteiger partial charge in [0.1, 0.15) is 0 Å². The molecule has 0 aliphatic heterocycles. The fraction of sp³-hybridized carbons (Fsp3) is 1.00. The first-order valence-electron chi connectivity index (χ1n) is 7.08. The second-order valence-corrected chi connectivity index (χ2v) is 5.83. The molecule has 0 heterocycles. The van der Waals surface area contributed by atoms with Crippen molar-refractivity contribution < 1.29 is 4.74 Å². The Morgan fingerprint density at radius 1 is 1.29 bits per heavy atom. The zero-order valence-corrected chi connectivity index (χ0v) is 11.8. The van der Waals surface area contributed by atoms with Crippen molar-refractivity contribution in [1.82, 2.24) is 4.90 Å². The van der Waals surface area contributed by atoms with E-state index >= 15 is 0 Å². The van der Waals surface area contributed by atoms with Crippen LogP contribution in [0.25, 0.3) is 0 Å². The molecular weight excluding hydrogens is 212 g/mol. The number of hydrogen-bond acceptors (Lipinski definition) is 3. The second kappa shape index (κ2) is 8.06. The van der Waals surface area contributed by atoms with E-state index in [-0.39, 0.29) is 0 Å². The van der Waals surface area contributed by atoms with Crippen LogP contribution in [0.1, 0.15) is 33.1 Å².